The number of thiocarbonyl (C=S) groups is 1. The summed E-state index contributed by atoms with van der Waals surface area (Å²) in [6.45, 7) is 3.66. The van der Waals surface area contributed by atoms with Crippen molar-refractivity contribution in [3.63, 3.8) is 0 Å². The molecule has 0 aliphatic carbocycles. The minimum atomic E-state index is -2.81. The van der Waals surface area contributed by atoms with Crippen LogP contribution in [0.2, 0.25) is 0 Å². The van der Waals surface area contributed by atoms with E-state index in [0.29, 0.717) is 11.9 Å². The summed E-state index contributed by atoms with van der Waals surface area (Å²) in [5.41, 5.74) is 1.39. The van der Waals surface area contributed by atoms with Gasteiger partial charge in [0.1, 0.15) is 0 Å². The second-order valence-electron chi connectivity index (χ2n) is 3.27. The third-order valence-electron chi connectivity index (χ3n) is 1.84. The first kappa shape index (κ1) is 15.4. The third kappa shape index (κ3) is 5.34. The largest absolute Gasteiger partial charge is 0.353 e. The van der Waals surface area contributed by atoms with Crippen molar-refractivity contribution in [2.45, 2.75) is 38.9 Å². The van der Waals surface area contributed by atoms with Crippen molar-refractivity contribution in [3.8, 4) is 0 Å². The van der Waals surface area contributed by atoms with Gasteiger partial charge < -0.3 is 4.52 Å². The lowest BCUT2D eigenvalue weighted by molar-refractivity contribution is 0.325. The van der Waals surface area contributed by atoms with E-state index in [4.69, 9.17) is 16.7 Å². The van der Waals surface area contributed by atoms with Crippen molar-refractivity contribution < 1.29 is 9.09 Å². The van der Waals surface area contributed by atoms with Gasteiger partial charge in [-0.25, -0.2) is 0 Å². The van der Waals surface area contributed by atoms with Crippen LogP contribution in [-0.2, 0) is 9.09 Å². The second-order valence-corrected chi connectivity index (χ2v) is 8.34. The zero-order valence-electron chi connectivity index (χ0n) is 9.80. The van der Waals surface area contributed by atoms with Gasteiger partial charge >= 0.3 is 6.72 Å². The monoisotopic (exact) mass is 269 g/mol. The summed E-state index contributed by atoms with van der Waals surface area (Å²) in [5, 5.41) is 0.324. The maximum absolute atomic E-state index is 12.4. The summed E-state index contributed by atoms with van der Waals surface area (Å²) in [7, 11) is 1.70. The first-order valence-electron chi connectivity index (χ1n) is 5.11. The summed E-state index contributed by atoms with van der Waals surface area (Å²) in [4.78, 5) is 0. The Balaban J connectivity index is 4.50. The maximum Gasteiger partial charge on any atom is 0.353 e. The number of nitrogens with zero attached hydrogens (tertiary/aromatic N) is 1. The molecule has 0 saturated carbocycles. The predicted octanol–water partition coefficient (Wildman–Crippen LogP) is 3.94. The molecular weight excluding hydrogens is 249 g/mol. The molecule has 0 spiro atoms. The lowest BCUT2D eigenvalue weighted by atomic mass is 10.3. The normalized spacial score (nSPS) is 16.8. The molecule has 0 bridgehead atoms. The minimum Gasteiger partial charge on any atom is -0.306 e. The molecule has 90 valence electrons. The van der Waals surface area contributed by atoms with Crippen LogP contribution in [0.15, 0.2) is 0 Å². The topological polar surface area (TPSA) is 29.5 Å². The van der Waals surface area contributed by atoms with E-state index < -0.39 is 6.72 Å². The van der Waals surface area contributed by atoms with E-state index in [1.54, 1.807) is 7.05 Å². The molecule has 0 N–H and O–H groups in total. The fourth-order valence-electron chi connectivity index (χ4n) is 1.10. The van der Waals surface area contributed by atoms with Gasteiger partial charge in [-0.1, -0.05) is 32.5 Å². The molecule has 0 heterocycles. The van der Waals surface area contributed by atoms with Crippen LogP contribution in [0.5, 0.6) is 0 Å². The van der Waals surface area contributed by atoms with Gasteiger partial charge in [-0.15, -0.1) is 0 Å². The highest BCUT2D eigenvalue weighted by molar-refractivity contribution is 8.56. The van der Waals surface area contributed by atoms with E-state index in [2.05, 4.69) is 13.8 Å². The van der Waals surface area contributed by atoms with E-state index in [1.165, 1.54) is 21.5 Å². The molecule has 0 aliphatic rings. The molecule has 2 unspecified atom stereocenters. The van der Waals surface area contributed by atoms with E-state index in [9.17, 15) is 4.57 Å². The van der Waals surface area contributed by atoms with Crippen LogP contribution in [0.25, 0.3) is 0 Å². The van der Waals surface area contributed by atoms with Gasteiger partial charge in [0.25, 0.3) is 0 Å². The first-order valence-corrected chi connectivity index (χ1v) is 8.65. The van der Waals surface area contributed by atoms with Crippen molar-refractivity contribution in [2.75, 3.05) is 13.7 Å². The summed E-state index contributed by atoms with van der Waals surface area (Å²) in [6.07, 6.45) is 2.12. The van der Waals surface area contributed by atoms with Crippen molar-refractivity contribution >= 4 is 35.8 Å². The van der Waals surface area contributed by atoms with Crippen LogP contribution in [-0.4, -0.2) is 29.1 Å². The lowest BCUT2D eigenvalue weighted by Gasteiger charge is -2.26. The molecule has 0 saturated heterocycles. The van der Waals surface area contributed by atoms with Crippen molar-refractivity contribution in [3.05, 3.63) is 0 Å². The van der Waals surface area contributed by atoms with E-state index >= 15 is 0 Å². The van der Waals surface area contributed by atoms with Crippen LogP contribution in [0.3, 0.4) is 0 Å². The molecule has 0 amide bonds. The SMILES string of the molecule is CCCC(C)SP(=O)(OCC)N(C)C=S. The van der Waals surface area contributed by atoms with E-state index in [1.807, 2.05) is 6.92 Å². The summed E-state index contributed by atoms with van der Waals surface area (Å²) in [5.74, 6) is 0. The van der Waals surface area contributed by atoms with Crippen molar-refractivity contribution in [2.24, 2.45) is 0 Å². The fourth-order valence-corrected chi connectivity index (χ4v) is 6.05. The Kier molecular flexibility index (Phi) is 7.88. The number of hydrogen-bond donors (Lipinski definition) is 0. The predicted molar refractivity (Wildman–Crippen MR) is 72.6 cm³/mol. The zero-order chi connectivity index (χ0) is 11.9. The molecule has 0 fully saturated rings. The van der Waals surface area contributed by atoms with Crippen LogP contribution in [0, 0.1) is 0 Å². The molecule has 3 nitrogen and oxygen atoms in total. The van der Waals surface area contributed by atoms with E-state index in [-0.39, 0.29) is 0 Å². The molecular formula is C9H20NO2PS2. The minimum absolute atomic E-state index is 0.324. The highest BCUT2D eigenvalue weighted by atomic mass is 32.7. The summed E-state index contributed by atoms with van der Waals surface area (Å²) < 4.78 is 19.3. The Bertz CT molecular complexity index is 238. The van der Waals surface area contributed by atoms with Gasteiger partial charge in [0.05, 0.1) is 12.1 Å². The number of hydrogen-bond acceptors (Lipinski definition) is 4. The van der Waals surface area contributed by atoms with Gasteiger partial charge in [0, 0.05) is 12.3 Å². The van der Waals surface area contributed by atoms with Crippen LogP contribution < -0.4 is 0 Å². The fraction of sp³-hybridized carbons (Fsp3) is 0.889. The quantitative estimate of drug-likeness (QED) is 0.492. The van der Waals surface area contributed by atoms with Gasteiger partial charge in [-0.3, -0.25) is 9.24 Å². The number of rotatable bonds is 8. The average molecular weight is 269 g/mol. The lowest BCUT2D eigenvalue weighted by Crippen LogP contribution is -2.13. The summed E-state index contributed by atoms with van der Waals surface area (Å²) in [6, 6.07) is 0. The Morgan fingerprint density at radius 2 is 2.20 bits per heavy atom. The first-order chi connectivity index (χ1) is 7.00. The van der Waals surface area contributed by atoms with Gasteiger partial charge in [-0.2, -0.15) is 0 Å². The standard InChI is InChI=1S/C9H20NO2PS2/c1-5-7-9(3)15-13(11,12-6-2)10(4)8-14/h8-9H,5-7H2,1-4H3. The van der Waals surface area contributed by atoms with E-state index in [0.717, 1.165) is 12.8 Å². The molecule has 0 aliphatic heterocycles. The smallest absolute Gasteiger partial charge is 0.306 e. The van der Waals surface area contributed by atoms with Crippen molar-refractivity contribution in [1.29, 1.82) is 0 Å². The van der Waals surface area contributed by atoms with Crippen LogP contribution >= 0.6 is 30.3 Å². The Labute approximate surface area is 102 Å². The highest BCUT2D eigenvalue weighted by Crippen LogP contribution is 2.63. The molecule has 0 rings (SSSR count). The van der Waals surface area contributed by atoms with Gasteiger partial charge in [-0.05, 0) is 24.7 Å². The molecule has 0 radical (unpaired) electrons. The van der Waals surface area contributed by atoms with Gasteiger partial charge in [0.2, 0.25) is 0 Å². The van der Waals surface area contributed by atoms with Crippen LogP contribution in [0.4, 0.5) is 0 Å². The highest BCUT2D eigenvalue weighted by Gasteiger charge is 2.30. The average Bonchev–Trinajstić information content (AvgIpc) is 2.17. The molecule has 2 atom stereocenters. The zero-order valence-corrected chi connectivity index (χ0v) is 12.3. The Hall–Kier alpha value is 0.430. The van der Waals surface area contributed by atoms with Gasteiger partial charge in [0.15, 0.2) is 0 Å². The molecule has 15 heavy (non-hydrogen) atoms. The molecule has 0 aromatic rings. The third-order valence-corrected chi connectivity index (χ3v) is 7.61. The molecule has 6 heteroatoms. The summed E-state index contributed by atoms with van der Waals surface area (Å²) >= 11 is 6.18. The second kappa shape index (κ2) is 7.66. The Morgan fingerprint density at radius 3 is 2.60 bits per heavy atom. The van der Waals surface area contributed by atoms with Crippen molar-refractivity contribution in [1.82, 2.24) is 4.67 Å². The maximum atomic E-state index is 12.4. The molecule has 0 aromatic heterocycles. The Morgan fingerprint density at radius 1 is 1.60 bits per heavy atom. The van der Waals surface area contributed by atoms with Crippen LogP contribution in [0.1, 0.15) is 33.6 Å². The molecule has 0 aromatic carbocycles.